The van der Waals surface area contributed by atoms with Gasteiger partial charge >= 0.3 is 0 Å². The Morgan fingerprint density at radius 3 is 2.64 bits per heavy atom. The van der Waals surface area contributed by atoms with Gasteiger partial charge in [-0.2, -0.15) is 5.26 Å². The molecule has 0 aliphatic rings. The normalized spacial score (nSPS) is 10.2. The summed E-state index contributed by atoms with van der Waals surface area (Å²) in [6.07, 6.45) is -2.68. The fourth-order valence-corrected chi connectivity index (χ4v) is 1.03. The van der Waals surface area contributed by atoms with E-state index in [1.54, 1.807) is 6.07 Å². The first-order chi connectivity index (χ1) is 6.60. The SMILES string of the molecule is N#Cc1nc(CN)c(C(F)F)cc1N. The zero-order valence-electron chi connectivity index (χ0n) is 7.17. The molecule has 0 aliphatic heterocycles. The number of halogens is 2. The van der Waals surface area contributed by atoms with E-state index in [0.29, 0.717) is 0 Å². The highest BCUT2D eigenvalue weighted by Gasteiger charge is 2.16. The highest BCUT2D eigenvalue weighted by atomic mass is 19.3. The summed E-state index contributed by atoms with van der Waals surface area (Å²) in [5.41, 5.74) is 10.1. The lowest BCUT2D eigenvalue weighted by atomic mass is 10.1. The maximum atomic E-state index is 12.4. The molecule has 0 saturated heterocycles. The Labute approximate surface area is 79.1 Å². The molecule has 6 heteroatoms. The topological polar surface area (TPSA) is 88.7 Å². The van der Waals surface area contributed by atoms with Gasteiger partial charge in [0.15, 0.2) is 5.69 Å². The number of pyridine rings is 1. The van der Waals surface area contributed by atoms with Crippen molar-refractivity contribution < 1.29 is 8.78 Å². The predicted octanol–water partition coefficient (Wildman–Crippen LogP) is 0.932. The lowest BCUT2D eigenvalue weighted by Gasteiger charge is -2.07. The Morgan fingerprint density at radius 2 is 2.21 bits per heavy atom. The summed E-state index contributed by atoms with van der Waals surface area (Å²) in [4.78, 5) is 3.64. The van der Waals surface area contributed by atoms with Crippen LogP contribution in [0.1, 0.15) is 23.4 Å². The zero-order valence-corrected chi connectivity index (χ0v) is 7.17. The highest BCUT2D eigenvalue weighted by molar-refractivity contribution is 5.52. The van der Waals surface area contributed by atoms with Crippen LogP contribution in [0.2, 0.25) is 0 Å². The molecule has 74 valence electrons. The molecule has 0 aromatic carbocycles. The minimum atomic E-state index is -2.68. The molecular formula is C8H8F2N4. The van der Waals surface area contributed by atoms with Crippen LogP contribution >= 0.6 is 0 Å². The molecule has 1 rings (SSSR count). The molecule has 1 heterocycles. The van der Waals surface area contributed by atoms with Gasteiger partial charge in [-0.15, -0.1) is 0 Å². The van der Waals surface area contributed by atoms with Gasteiger partial charge in [-0.25, -0.2) is 13.8 Å². The van der Waals surface area contributed by atoms with Crippen LogP contribution < -0.4 is 11.5 Å². The van der Waals surface area contributed by atoms with Crippen molar-refractivity contribution in [3.8, 4) is 6.07 Å². The quantitative estimate of drug-likeness (QED) is 0.739. The van der Waals surface area contributed by atoms with Crippen LogP contribution in [0.4, 0.5) is 14.5 Å². The Bertz CT molecular complexity index is 384. The summed E-state index contributed by atoms with van der Waals surface area (Å²) in [5, 5.41) is 8.55. The molecule has 0 atom stereocenters. The molecule has 0 saturated carbocycles. The molecule has 4 N–H and O–H groups in total. The number of nitrogens with two attached hydrogens (primary N) is 2. The fraction of sp³-hybridized carbons (Fsp3) is 0.250. The van der Waals surface area contributed by atoms with Crippen LogP contribution in [0.5, 0.6) is 0 Å². The van der Waals surface area contributed by atoms with Gasteiger partial charge in [0.1, 0.15) is 6.07 Å². The monoisotopic (exact) mass is 198 g/mol. The van der Waals surface area contributed by atoms with Gasteiger partial charge < -0.3 is 11.5 Å². The second kappa shape index (κ2) is 3.98. The molecule has 0 bridgehead atoms. The third-order valence-corrected chi connectivity index (χ3v) is 1.70. The van der Waals surface area contributed by atoms with Crippen molar-refractivity contribution in [2.45, 2.75) is 13.0 Å². The van der Waals surface area contributed by atoms with Crippen LogP contribution in [0.15, 0.2) is 6.07 Å². The predicted molar refractivity (Wildman–Crippen MR) is 46.2 cm³/mol. The van der Waals surface area contributed by atoms with Crippen molar-refractivity contribution in [1.29, 1.82) is 5.26 Å². The van der Waals surface area contributed by atoms with Crippen LogP contribution in [-0.4, -0.2) is 4.98 Å². The van der Waals surface area contributed by atoms with E-state index in [1.165, 1.54) is 0 Å². The largest absolute Gasteiger partial charge is 0.396 e. The molecule has 0 unspecified atom stereocenters. The molecule has 0 amide bonds. The first-order valence-corrected chi connectivity index (χ1v) is 3.77. The minimum Gasteiger partial charge on any atom is -0.396 e. The van der Waals surface area contributed by atoms with Gasteiger partial charge in [-0.05, 0) is 6.07 Å². The van der Waals surface area contributed by atoms with Gasteiger partial charge in [0.05, 0.1) is 11.4 Å². The summed E-state index contributed by atoms with van der Waals surface area (Å²) in [7, 11) is 0. The Hall–Kier alpha value is -1.74. The molecule has 1 aromatic heterocycles. The number of alkyl halides is 2. The maximum absolute atomic E-state index is 12.4. The van der Waals surface area contributed by atoms with E-state index in [4.69, 9.17) is 16.7 Å². The molecule has 0 aliphatic carbocycles. The van der Waals surface area contributed by atoms with Gasteiger partial charge in [-0.3, -0.25) is 0 Å². The van der Waals surface area contributed by atoms with E-state index >= 15 is 0 Å². The van der Waals surface area contributed by atoms with E-state index < -0.39 is 6.43 Å². The van der Waals surface area contributed by atoms with Gasteiger partial charge in [0.25, 0.3) is 6.43 Å². The zero-order chi connectivity index (χ0) is 10.7. The van der Waals surface area contributed by atoms with Crippen molar-refractivity contribution in [2.24, 2.45) is 5.73 Å². The third kappa shape index (κ3) is 1.78. The lowest BCUT2D eigenvalue weighted by molar-refractivity contribution is 0.149. The van der Waals surface area contributed by atoms with Crippen LogP contribution in [-0.2, 0) is 6.54 Å². The van der Waals surface area contributed by atoms with E-state index in [1.807, 2.05) is 0 Å². The summed E-state index contributed by atoms with van der Waals surface area (Å²) in [5.74, 6) is 0. The number of hydrogen-bond donors (Lipinski definition) is 2. The Kier molecular flexibility index (Phi) is 2.94. The fourth-order valence-electron chi connectivity index (χ4n) is 1.03. The number of nitrogens with zero attached hydrogens (tertiary/aromatic N) is 2. The molecule has 4 nitrogen and oxygen atoms in total. The molecule has 0 radical (unpaired) electrons. The van der Waals surface area contributed by atoms with Gasteiger partial charge in [-0.1, -0.05) is 0 Å². The van der Waals surface area contributed by atoms with E-state index in [0.717, 1.165) is 6.07 Å². The van der Waals surface area contributed by atoms with Crippen molar-refractivity contribution in [3.05, 3.63) is 23.0 Å². The smallest absolute Gasteiger partial charge is 0.265 e. The van der Waals surface area contributed by atoms with Crippen molar-refractivity contribution >= 4 is 5.69 Å². The average molecular weight is 198 g/mol. The summed E-state index contributed by atoms with van der Waals surface area (Å²) in [6.45, 7) is -0.144. The number of rotatable bonds is 2. The Morgan fingerprint density at radius 1 is 1.57 bits per heavy atom. The number of nitriles is 1. The summed E-state index contributed by atoms with van der Waals surface area (Å²) < 4.78 is 24.8. The third-order valence-electron chi connectivity index (χ3n) is 1.70. The number of hydrogen-bond acceptors (Lipinski definition) is 4. The summed E-state index contributed by atoms with van der Waals surface area (Å²) in [6, 6.07) is 2.74. The molecule has 0 fully saturated rings. The molecule has 1 aromatic rings. The molecular weight excluding hydrogens is 190 g/mol. The van der Waals surface area contributed by atoms with Crippen molar-refractivity contribution in [3.63, 3.8) is 0 Å². The second-order valence-corrected chi connectivity index (χ2v) is 2.58. The van der Waals surface area contributed by atoms with E-state index in [2.05, 4.69) is 4.98 Å². The average Bonchev–Trinajstić information content (AvgIpc) is 2.17. The van der Waals surface area contributed by atoms with Crippen LogP contribution in [0, 0.1) is 11.3 Å². The Balaban J connectivity index is 3.33. The van der Waals surface area contributed by atoms with Crippen molar-refractivity contribution in [2.75, 3.05) is 5.73 Å². The lowest BCUT2D eigenvalue weighted by Crippen LogP contribution is -2.08. The first-order valence-electron chi connectivity index (χ1n) is 3.77. The van der Waals surface area contributed by atoms with E-state index in [-0.39, 0.29) is 29.2 Å². The maximum Gasteiger partial charge on any atom is 0.265 e. The number of aromatic nitrogens is 1. The van der Waals surface area contributed by atoms with Crippen LogP contribution in [0.3, 0.4) is 0 Å². The number of anilines is 1. The van der Waals surface area contributed by atoms with Crippen molar-refractivity contribution in [1.82, 2.24) is 4.98 Å². The summed E-state index contributed by atoms with van der Waals surface area (Å²) >= 11 is 0. The van der Waals surface area contributed by atoms with Gasteiger partial charge in [0, 0.05) is 12.1 Å². The highest BCUT2D eigenvalue weighted by Crippen LogP contribution is 2.24. The van der Waals surface area contributed by atoms with Crippen LogP contribution in [0.25, 0.3) is 0 Å². The van der Waals surface area contributed by atoms with Gasteiger partial charge in [0.2, 0.25) is 0 Å². The standard InChI is InChI=1S/C8H8F2N4/c9-8(10)4-1-5(13)7(3-12)14-6(4)2-11/h1,8H,2,11,13H2. The number of nitrogen functional groups attached to an aromatic ring is 1. The van der Waals surface area contributed by atoms with E-state index in [9.17, 15) is 8.78 Å². The minimum absolute atomic E-state index is 0.00532. The second-order valence-electron chi connectivity index (χ2n) is 2.58. The molecule has 14 heavy (non-hydrogen) atoms. The first kappa shape index (κ1) is 10.3. The molecule has 0 spiro atoms.